The third-order valence-electron chi connectivity index (χ3n) is 9.19. The van der Waals surface area contributed by atoms with Crippen LogP contribution in [0, 0.1) is 11.8 Å². The van der Waals surface area contributed by atoms with Crippen LogP contribution in [0.3, 0.4) is 0 Å². The molecule has 1 aromatic heterocycles. The van der Waals surface area contributed by atoms with E-state index in [1.54, 1.807) is 16.6 Å². The van der Waals surface area contributed by atoms with Crippen molar-refractivity contribution in [2.75, 3.05) is 32.7 Å². The van der Waals surface area contributed by atoms with Crippen molar-refractivity contribution in [2.45, 2.75) is 63.5 Å². The van der Waals surface area contributed by atoms with Crippen LogP contribution in [0.2, 0.25) is 0 Å². The lowest BCUT2D eigenvalue weighted by atomic mass is 9.77. The maximum Gasteiger partial charge on any atom is 0.307 e. The SMILES string of the molecule is O=C(O)[C@H]1CCCC[C@H]1C(=O)N1CCc2c(Br)ccc(OC3CCN(C(=O)c4cncs4)C3)c2[C@H]1CN1CCCC1=O. The van der Waals surface area contributed by atoms with Crippen LogP contribution in [0.4, 0.5) is 0 Å². The van der Waals surface area contributed by atoms with Gasteiger partial charge in [0.1, 0.15) is 16.7 Å². The number of carbonyl (C=O) groups is 4. The monoisotopic (exact) mass is 658 g/mol. The molecule has 1 saturated carbocycles. The Hall–Kier alpha value is -2.99. The van der Waals surface area contributed by atoms with Crippen LogP contribution in [0.1, 0.15) is 71.8 Å². The zero-order valence-corrected chi connectivity index (χ0v) is 25.8. The normalized spacial score (nSPS) is 25.9. The Labute approximate surface area is 257 Å². The summed E-state index contributed by atoms with van der Waals surface area (Å²) in [4.78, 5) is 62.0. The average molecular weight is 660 g/mol. The molecular formula is C30H35BrN4O6S. The molecule has 224 valence electrons. The average Bonchev–Trinajstić information content (AvgIpc) is 3.77. The Kier molecular flexibility index (Phi) is 8.53. The van der Waals surface area contributed by atoms with E-state index in [2.05, 4.69) is 20.9 Å². The van der Waals surface area contributed by atoms with E-state index in [4.69, 9.17) is 4.74 Å². The van der Waals surface area contributed by atoms with E-state index < -0.39 is 23.8 Å². The summed E-state index contributed by atoms with van der Waals surface area (Å²) in [6, 6.07) is 3.41. The quantitative estimate of drug-likeness (QED) is 0.475. The summed E-state index contributed by atoms with van der Waals surface area (Å²) in [5.74, 6) is -1.66. The van der Waals surface area contributed by atoms with Gasteiger partial charge in [-0.15, -0.1) is 11.3 Å². The summed E-state index contributed by atoms with van der Waals surface area (Å²) in [6.07, 6.45) is 6.61. The molecular weight excluding hydrogens is 624 g/mol. The van der Waals surface area contributed by atoms with Crippen molar-refractivity contribution in [1.29, 1.82) is 0 Å². The van der Waals surface area contributed by atoms with Gasteiger partial charge in [-0.2, -0.15) is 0 Å². The number of ether oxygens (including phenoxy) is 1. The fourth-order valence-corrected chi connectivity index (χ4v) is 8.17. The maximum absolute atomic E-state index is 14.2. The first-order valence-corrected chi connectivity index (χ1v) is 16.5. The number of benzene rings is 1. The summed E-state index contributed by atoms with van der Waals surface area (Å²) in [6.45, 7) is 2.45. The molecule has 1 aliphatic carbocycles. The number of amides is 3. The number of carboxylic acids is 1. The summed E-state index contributed by atoms with van der Waals surface area (Å²) < 4.78 is 7.54. The molecule has 10 nitrogen and oxygen atoms in total. The van der Waals surface area contributed by atoms with E-state index >= 15 is 0 Å². The number of fused-ring (bicyclic) bond motifs is 1. The van der Waals surface area contributed by atoms with E-state index in [1.807, 2.05) is 21.9 Å². The fourth-order valence-electron chi connectivity index (χ4n) is 7.04. The van der Waals surface area contributed by atoms with E-state index in [-0.39, 0.29) is 23.8 Å². The summed E-state index contributed by atoms with van der Waals surface area (Å²) in [5, 5.41) is 9.92. The van der Waals surface area contributed by atoms with Crippen molar-refractivity contribution < 1.29 is 29.0 Å². The minimum atomic E-state index is -0.915. The van der Waals surface area contributed by atoms with Crippen molar-refractivity contribution in [3.05, 3.63) is 44.3 Å². The van der Waals surface area contributed by atoms with Crippen LogP contribution in [0.15, 0.2) is 28.3 Å². The summed E-state index contributed by atoms with van der Waals surface area (Å²) in [7, 11) is 0. The molecule has 0 bridgehead atoms. The van der Waals surface area contributed by atoms with Crippen LogP contribution < -0.4 is 4.74 Å². The lowest BCUT2D eigenvalue weighted by molar-refractivity contribution is -0.154. The number of aromatic nitrogens is 1. The second kappa shape index (κ2) is 12.3. The predicted molar refractivity (Wildman–Crippen MR) is 158 cm³/mol. The third kappa shape index (κ3) is 5.67. The van der Waals surface area contributed by atoms with Gasteiger partial charge in [-0.25, -0.2) is 0 Å². The number of nitrogens with zero attached hydrogens (tertiary/aromatic N) is 4. The fraction of sp³-hybridized carbons (Fsp3) is 0.567. The molecule has 1 aromatic carbocycles. The van der Waals surface area contributed by atoms with Gasteiger partial charge >= 0.3 is 5.97 Å². The standard InChI is InChI=1S/C30H35BrN4O6S/c31-22-7-8-24(41-18-9-12-34(15-18)29(38)25-14-32-17-42-25)27-21(22)10-13-35(23(27)16-33-11-3-6-26(33)36)28(37)19-4-1-2-5-20(19)30(39)40/h7-8,14,17-20,23H,1-6,9-13,15-16H2,(H,39,40)/t18?,19-,20+,23-/m1/s1. The van der Waals surface area contributed by atoms with Gasteiger partial charge in [0, 0.05) is 49.1 Å². The highest BCUT2D eigenvalue weighted by Crippen LogP contribution is 2.44. The molecule has 6 rings (SSSR count). The molecule has 4 aliphatic rings. The van der Waals surface area contributed by atoms with Crippen LogP contribution in [0.5, 0.6) is 5.75 Å². The molecule has 2 saturated heterocycles. The maximum atomic E-state index is 14.2. The van der Waals surface area contributed by atoms with Gasteiger partial charge < -0.3 is 24.5 Å². The Morgan fingerprint density at radius 3 is 2.57 bits per heavy atom. The minimum absolute atomic E-state index is 0.0518. The van der Waals surface area contributed by atoms with E-state index in [9.17, 15) is 24.3 Å². The number of carboxylic acid groups (broad SMARTS) is 1. The molecule has 42 heavy (non-hydrogen) atoms. The number of aliphatic carboxylic acids is 1. The number of rotatable bonds is 7. The van der Waals surface area contributed by atoms with E-state index in [0.717, 1.165) is 34.9 Å². The zero-order chi connectivity index (χ0) is 29.4. The highest BCUT2D eigenvalue weighted by atomic mass is 79.9. The Balaban J connectivity index is 1.31. The molecule has 3 amide bonds. The zero-order valence-electron chi connectivity index (χ0n) is 23.4. The third-order valence-corrected chi connectivity index (χ3v) is 10.7. The number of thiazole rings is 1. The molecule has 12 heteroatoms. The van der Waals surface area contributed by atoms with Gasteiger partial charge in [0.25, 0.3) is 5.91 Å². The number of hydrogen-bond donors (Lipinski definition) is 1. The van der Waals surface area contributed by atoms with Gasteiger partial charge in [0.2, 0.25) is 11.8 Å². The molecule has 3 fully saturated rings. The van der Waals surface area contributed by atoms with Gasteiger partial charge in [-0.3, -0.25) is 24.2 Å². The van der Waals surface area contributed by atoms with Gasteiger partial charge in [0.05, 0.1) is 36.1 Å². The second-order valence-electron chi connectivity index (χ2n) is 11.7. The van der Waals surface area contributed by atoms with Crippen molar-refractivity contribution in [1.82, 2.24) is 19.7 Å². The first-order valence-electron chi connectivity index (χ1n) is 14.8. The van der Waals surface area contributed by atoms with Crippen molar-refractivity contribution in [3.63, 3.8) is 0 Å². The smallest absolute Gasteiger partial charge is 0.307 e. The molecule has 4 atom stereocenters. The Morgan fingerprint density at radius 2 is 1.86 bits per heavy atom. The van der Waals surface area contributed by atoms with Crippen LogP contribution in [-0.2, 0) is 20.8 Å². The van der Waals surface area contributed by atoms with Crippen molar-refractivity contribution >= 4 is 51.0 Å². The predicted octanol–water partition coefficient (Wildman–Crippen LogP) is 4.14. The van der Waals surface area contributed by atoms with Gasteiger partial charge in [-0.1, -0.05) is 28.8 Å². The molecule has 1 N–H and O–H groups in total. The number of halogens is 1. The van der Waals surface area contributed by atoms with Gasteiger partial charge in [0.15, 0.2) is 0 Å². The largest absolute Gasteiger partial charge is 0.488 e. The topological polar surface area (TPSA) is 120 Å². The molecule has 1 unspecified atom stereocenters. The van der Waals surface area contributed by atoms with E-state index in [1.165, 1.54) is 11.3 Å². The molecule has 4 heterocycles. The Morgan fingerprint density at radius 1 is 1.05 bits per heavy atom. The molecule has 0 radical (unpaired) electrons. The van der Waals surface area contributed by atoms with Crippen molar-refractivity contribution in [3.8, 4) is 5.75 Å². The molecule has 2 aromatic rings. The highest BCUT2D eigenvalue weighted by molar-refractivity contribution is 9.10. The first kappa shape index (κ1) is 29.1. The highest BCUT2D eigenvalue weighted by Gasteiger charge is 2.44. The van der Waals surface area contributed by atoms with Crippen LogP contribution in [0.25, 0.3) is 0 Å². The first-order chi connectivity index (χ1) is 20.3. The van der Waals surface area contributed by atoms with Crippen molar-refractivity contribution in [2.24, 2.45) is 11.8 Å². The number of carbonyl (C=O) groups excluding carboxylic acids is 3. The lowest BCUT2D eigenvalue weighted by Gasteiger charge is -2.43. The summed E-state index contributed by atoms with van der Waals surface area (Å²) in [5.41, 5.74) is 3.57. The van der Waals surface area contributed by atoms with Crippen LogP contribution >= 0.6 is 27.3 Å². The van der Waals surface area contributed by atoms with Gasteiger partial charge in [-0.05, 0) is 43.4 Å². The van der Waals surface area contributed by atoms with E-state index in [0.29, 0.717) is 75.5 Å². The number of hydrogen-bond acceptors (Lipinski definition) is 7. The number of likely N-dealkylation sites (tertiary alicyclic amines) is 2. The van der Waals surface area contributed by atoms with Crippen LogP contribution in [-0.4, -0.2) is 87.3 Å². The molecule has 3 aliphatic heterocycles. The minimum Gasteiger partial charge on any atom is -0.488 e. The molecule has 0 spiro atoms. The lowest BCUT2D eigenvalue weighted by Crippen LogP contribution is -2.50. The Bertz CT molecular complexity index is 1370. The second-order valence-corrected chi connectivity index (χ2v) is 13.4. The summed E-state index contributed by atoms with van der Waals surface area (Å²) >= 11 is 5.04.